The minimum Gasteiger partial charge on any atom is -0.375 e. The maximum atomic E-state index is 12.7. The Morgan fingerprint density at radius 1 is 1.00 bits per heavy atom. The van der Waals surface area contributed by atoms with Crippen LogP contribution in [0.3, 0.4) is 0 Å². The first-order valence-electron chi connectivity index (χ1n) is 8.28. The van der Waals surface area contributed by atoms with Gasteiger partial charge in [0.15, 0.2) is 5.13 Å². The zero-order valence-electron chi connectivity index (χ0n) is 14.1. The van der Waals surface area contributed by atoms with Crippen LogP contribution in [0.1, 0.15) is 10.4 Å². The lowest BCUT2D eigenvalue weighted by molar-refractivity contribution is 0.0747. The zero-order chi connectivity index (χ0) is 19.1. The van der Waals surface area contributed by atoms with Gasteiger partial charge in [0.2, 0.25) is 0 Å². The Bertz CT molecular complexity index is 1030. The van der Waals surface area contributed by atoms with E-state index in [1.54, 1.807) is 23.1 Å². The lowest BCUT2D eigenvalue weighted by Crippen LogP contribution is -2.49. The molecule has 1 aliphatic rings. The Labute approximate surface area is 175 Å². The topological polar surface area (TPSA) is 62.5 Å². The van der Waals surface area contributed by atoms with Crippen LogP contribution < -0.4 is 10.6 Å². The van der Waals surface area contributed by atoms with Gasteiger partial charge in [0.1, 0.15) is 5.52 Å². The van der Waals surface area contributed by atoms with Crippen molar-refractivity contribution in [2.24, 2.45) is 0 Å². The van der Waals surface area contributed by atoms with E-state index >= 15 is 0 Å². The van der Waals surface area contributed by atoms with Gasteiger partial charge in [-0.2, -0.15) is 0 Å². The standard InChI is InChI=1S/C18H15Cl3N4OS/c19-11-2-1-10(9-13(11)21)17(26)25-7-5-24(6-8-25)16-12(20)3-4-14-15(16)23-18(22)27-14/h1-4,9H,5-8H2,(H2,22,23). The molecule has 0 unspecified atom stereocenters. The molecule has 1 aliphatic heterocycles. The summed E-state index contributed by atoms with van der Waals surface area (Å²) in [4.78, 5) is 21.1. The summed E-state index contributed by atoms with van der Waals surface area (Å²) in [6, 6.07) is 8.73. The maximum absolute atomic E-state index is 12.7. The molecule has 1 saturated heterocycles. The van der Waals surface area contributed by atoms with Crippen LogP contribution >= 0.6 is 46.1 Å². The fraction of sp³-hybridized carbons (Fsp3) is 0.222. The second kappa shape index (κ2) is 7.36. The van der Waals surface area contributed by atoms with Crippen LogP contribution in [-0.4, -0.2) is 42.0 Å². The van der Waals surface area contributed by atoms with Crippen molar-refractivity contribution < 1.29 is 4.79 Å². The van der Waals surface area contributed by atoms with Crippen LogP contribution in [0.15, 0.2) is 30.3 Å². The average molecular weight is 442 g/mol. The van der Waals surface area contributed by atoms with Gasteiger partial charge in [-0.25, -0.2) is 4.98 Å². The number of carbonyl (C=O) groups is 1. The molecule has 3 aromatic rings. The lowest BCUT2D eigenvalue weighted by Gasteiger charge is -2.36. The molecule has 9 heteroatoms. The summed E-state index contributed by atoms with van der Waals surface area (Å²) in [6.45, 7) is 2.46. The molecule has 1 amide bonds. The molecule has 0 saturated carbocycles. The van der Waals surface area contributed by atoms with Gasteiger partial charge >= 0.3 is 0 Å². The Morgan fingerprint density at radius 3 is 2.41 bits per heavy atom. The lowest BCUT2D eigenvalue weighted by atomic mass is 10.1. The molecule has 0 spiro atoms. The van der Waals surface area contributed by atoms with E-state index < -0.39 is 0 Å². The summed E-state index contributed by atoms with van der Waals surface area (Å²) in [7, 11) is 0. The van der Waals surface area contributed by atoms with Crippen LogP contribution in [0.4, 0.5) is 10.8 Å². The second-order valence-corrected chi connectivity index (χ2v) is 8.49. The number of nitrogens with two attached hydrogens (primary N) is 1. The normalized spacial score (nSPS) is 14.8. The van der Waals surface area contributed by atoms with E-state index in [0.29, 0.717) is 51.9 Å². The fourth-order valence-corrected chi connectivity index (χ4v) is 4.53. The summed E-state index contributed by atoms with van der Waals surface area (Å²) in [6.07, 6.45) is 0. The van der Waals surface area contributed by atoms with E-state index in [-0.39, 0.29) is 5.91 Å². The molecular weight excluding hydrogens is 427 g/mol. The number of thiazole rings is 1. The fourth-order valence-electron chi connectivity index (χ4n) is 3.22. The molecule has 140 valence electrons. The summed E-state index contributed by atoms with van der Waals surface area (Å²) in [5.74, 6) is -0.0598. The van der Waals surface area contributed by atoms with Crippen LogP contribution in [0, 0.1) is 0 Å². The predicted molar refractivity (Wildman–Crippen MR) is 114 cm³/mol. The van der Waals surface area contributed by atoms with Crippen LogP contribution in [0.5, 0.6) is 0 Å². The Balaban J connectivity index is 1.53. The summed E-state index contributed by atoms with van der Waals surface area (Å²) < 4.78 is 1.00. The highest BCUT2D eigenvalue weighted by atomic mass is 35.5. The molecule has 1 fully saturated rings. The Morgan fingerprint density at radius 2 is 1.70 bits per heavy atom. The van der Waals surface area contributed by atoms with Gasteiger partial charge in [-0.1, -0.05) is 46.1 Å². The number of halogens is 3. The quantitative estimate of drug-likeness (QED) is 0.620. The first-order valence-corrected chi connectivity index (χ1v) is 10.2. The van der Waals surface area contributed by atoms with Crippen molar-refractivity contribution in [3.8, 4) is 0 Å². The molecule has 0 aliphatic carbocycles. The SMILES string of the molecule is Nc1nc2c(N3CCN(C(=O)c4ccc(Cl)c(Cl)c4)CC3)c(Cl)ccc2s1. The minimum atomic E-state index is -0.0598. The van der Waals surface area contributed by atoms with E-state index in [2.05, 4.69) is 9.88 Å². The summed E-state index contributed by atoms with van der Waals surface area (Å²) in [5.41, 5.74) is 8.09. The van der Waals surface area contributed by atoms with Crippen molar-refractivity contribution >= 4 is 73.1 Å². The number of carbonyl (C=O) groups excluding carboxylic acids is 1. The van der Waals surface area contributed by atoms with Gasteiger partial charge in [-0.3, -0.25) is 4.79 Å². The number of piperazine rings is 1. The van der Waals surface area contributed by atoms with Crippen molar-refractivity contribution in [1.29, 1.82) is 0 Å². The van der Waals surface area contributed by atoms with E-state index in [9.17, 15) is 4.79 Å². The second-order valence-electron chi connectivity index (χ2n) is 6.20. The molecule has 1 aromatic heterocycles. The molecule has 5 nitrogen and oxygen atoms in total. The number of aromatic nitrogens is 1. The van der Waals surface area contributed by atoms with E-state index in [4.69, 9.17) is 40.5 Å². The summed E-state index contributed by atoms with van der Waals surface area (Å²) in [5, 5.41) is 1.96. The van der Waals surface area contributed by atoms with Crippen LogP contribution in [0.25, 0.3) is 10.2 Å². The number of amides is 1. The number of rotatable bonds is 2. The molecule has 0 atom stereocenters. The first-order chi connectivity index (χ1) is 12.9. The maximum Gasteiger partial charge on any atom is 0.254 e. The van der Waals surface area contributed by atoms with Gasteiger partial charge in [0.05, 0.1) is 25.5 Å². The third-order valence-corrected chi connectivity index (χ3v) is 6.44. The monoisotopic (exact) mass is 440 g/mol. The smallest absolute Gasteiger partial charge is 0.254 e. The van der Waals surface area contributed by atoms with E-state index in [0.717, 1.165) is 15.9 Å². The van der Waals surface area contributed by atoms with E-state index in [1.807, 2.05) is 12.1 Å². The first kappa shape index (κ1) is 18.6. The largest absolute Gasteiger partial charge is 0.375 e. The van der Waals surface area contributed by atoms with Gasteiger partial charge in [-0.05, 0) is 30.3 Å². The Hall–Kier alpha value is -1.73. The zero-order valence-corrected chi connectivity index (χ0v) is 17.2. The third kappa shape index (κ3) is 3.55. The molecule has 2 heterocycles. The van der Waals surface area contributed by atoms with Crippen molar-refractivity contribution in [2.75, 3.05) is 36.8 Å². The number of nitrogen functional groups attached to an aromatic ring is 1. The van der Waals surface area contributed by atoms with Crippen LogP contribution in [0.2, 0.25) is 15.1 Å². The molecular formula is C18H15Cl3N4OS. The number of anilines is 2. The number of hydrogen-bond donors (Lipinski definition) is 1. The third-order valence-electron chi connectivity index (χ3n) is 4.55. The number of benzene rings is 2. The van der Waals surface area contributed by atoms with Crippen molar-refractivity contribution in [1.82, 2.24) is 9.88 Å². The van der Waals surface area contributed by atoms with Gasteiger partial charge in [-0.15, -0.1) is 0 Å². The molecule has 2 aromatic carbocycles. The highest BCUT2D eigenvalue weighted by Gasteiger charge is 2.25. The molecule has 0 bridgehead atoms. The van der Waals surface area contributed by atoms with Crippen molar-refractivity contribution in [2.45, 2.75) is 0 Å². The molecule has 4 rings (SSSR count). The van der Waals surface area contributed by atoms with Gasteiger partial charge in [0, 0.05) is 31.7 Å². The van der Waals surface area contributed by atoms with Crippen LogP contribution in [-0.2, 0) is 0 Å². The van der Waals surface area contributed by atoms with E-state index in [1.165, 1.54) is 11.3 Å². The van der Waals surface area contributed by atoms with Crippen molar-refractivity contribution in [3.63, 3.8) is 0 Å². The molecule has 27 heavy (non-hydrogen) atoms. The molecule has 2 N–H and O–H groups in total. The Kier molecular flexibility index (Phi) is 5.07. The average Bonchev–Trinajstić information content (AvgIpc) is 3.04. The number of nitrogens with zero attached hydrogens (tertiary/aromatic N) is 3. The van der Waals surface area contributed by atoms with Crippen molar-refractivity contribution in [3.05, 3.63) is 51.0 Å². The number of fused-ring (bicyclic) bond motifs is 1. The van der Waals surface area contributed by atoms with Gasteiger partial charge in [0.25, 0.3) is 5.91 Å². The highest BCUT2D eigenvalue weighted by molar-refractivity contribution is 7.22. The molecule has 0 radical (unpaired) electrons. The number of hydrogen-bond acceptors (Lipinski definition) is 5. The highest BCUT2D eigenvalue weighted by Crippen LogP contribution is 2.37. The summed E-state index contributed by atoms with van der Waals surface area (Å²) >= 11 is 19.9. The van der Waals surface area contributed by atoms with Gasteiger partial charge < -0.3 is 15.5 Å². The predicted octanol–water partition coefficient (Wildman–Crippen LogP) is 4.80. The minimum absolute atomic E-state index is 0.0598.